The zero-order valence-electron chi connectivity index (χ0n) is 23.5. The van der Waals surface area contributed by atoms with Crippen molar-refractivity contribution in [3.8, 4) is 0 Å². The molecule has 0 N–H and O–H groups in total. The van der Waals surface area contributed by atoms with Crippen molar-refractivity contribution in [1.82, 2.24) is 0 Å². The van der Waals surface area contributed by atoms with Crippen LogP contribution in [0.15, 0.2) is 94.2 Å². The van der Waals surface area contributed by atoms with Crippen molar-refractivity contribution in [3.05, 3.63) is 96.4 Å². The summed E-state index contributed by atoms with van der Waals surface area (Å²) in [6, 6.07) is 26.4. The van der Waals surface area contributed by atoms with Gasteiger partial charge in [0.05, 0.1) is 12.5 Å². The Labute approximate surface area is 248 Å². The van der Waals surface area contributed by atoms with Crippen LogP contribution >= 0.6 is 15.8 Å². The number of furan rings is 2. The predicted octanol–water partition coefficient (Wildman–Crippen LogP) is 8.56. The Hall–Kier alpha value is -1.62. The van der Waals surface area contributed by atoms with Gasteiger partial charge in [0.1, 0.15) is 11.0 Å². The second-order valence-corrected chi connectivity index (χ2v) is 15.7. The number of hydrogen-bond acceptors (Lipinski definition) is 2. The smallest absolute Gasteiger partial charge is 0.133 e. The molecule has 2 saturated carbocycles. The number of aryl methyl sites for hydroxylation is 2. The predicted molar refractivity (Wildman–Crippen MR) is 166 cm³/mol. The van der Waals surface area contributed by atoms with E-state index < -0.39 is 15.8 Å². The standard InChI is InChI=1S/C29H32O2P2.C5H10.Fe/c1-21-11-4-6-14-25(21)32(26-15-7-5-12-22(26)2)23(3)24-13-8-16-27(24)33(28-17-9-19-30-28)29-18-10-20-31-29;1-2-4-5-3-1;/h4-7,9-12,14-15,17-20,23-24,27H,8,13,16H2,1-3H3;1-5H2;/t23-,24?,27?;;/m0../s1. The first-order valence-electron chi connectivity index (χ1n) is 14.4. The minimum Gasteiger partial charge on any atom is -0.464 e. The summed E-state index contributed by atoms with van der Waals surface area (Å²) < 4.78 is 12.0. The van der Waals surface area contributed by atoms with Crippen LogP contribution in [-0.2, 0) is 17.1 Å². The summed E-state index contributed by atoms with van der Waals surface area (Å²) in [6.07, 6.45) is 14.9. The van der Waals surface area contributed by atoms with Crippen molar-refractivity contribution in [3.63, 3.8) is 0 Å². The molecule has 2 aromatic heterocycles. The van der Waals surface area contributed by atoms with Crippen LogP contribution in [0.2, 0.25) is 0 Å². The van der Waals surface area contributed by atoms with Crippen molar-refractivity contribution in [2.24, 2.45) is 5.92 Å². The summed E-state index contributed by atoms with van der Waals surface area (Å²) in [5.74, 6) is 0.636. The van der Waals surface area contributed by atoms with Crippen LogP contribution in [-0.4, -0.2) is 11.3 Å². The molecular formula is C34H42FeO2P2. The molecule has 0 saturated heterocycles. The molecule has 0 spiro atoms. The van der Waals surface area contributed by atoms with Gasteiger partial charge in [-0.3, -0.25) is 0 Å². The van der Waals surface area contributed by atoms with Crippen molar-refractivity contribution in [1.29, 1.82) is 0 Å². The molecule has 2 aliphatic rings. The van der Waals surface area contributed by atoms with Crippen LogP contribution in [0, 0.1) is 19.8 Å². The largest absolute Gasteiger partial charge is 0.464 e. The molecule has 0 amide bonds. The average molecular weight is 601 g/mol. The Balaban J connectivity index is 0.000000530. The fraction of sp³-hybridized carbons (Fsp3) is 0.412. The molecule has 2 fully saturated rings. The van der Waals surface area contributed by atoms with Crippen LogP contribution in [0.5, 0.6) is 0 Å². The average Bonchev–Trinajstić information content (AvgIpc) is 3.77. The van der Waals surface area contributed by atoms with Gasteiger partial charge in [-0.15, -0.1) is 0 Å². The molecule has 6 rings (SSSR count). The summed E-state index contributed by atoms with van der Waals surface area (Å²) in [5.41, 5.74) is 6.16. The second-order valence-electron chi connectivity index (χ2n) is 10.9. The number of rotatable bonds is 7. The van der Waals surface area contributed by atoms with Gasteiger partial charge in [0.2, 0.25) is 0 Å². The van der Waals surface area contributed by atoms with E-state index in [2.05, 4.69) is 81.4 Å². The fourth-order valence-electron chi connectivity index (χ4n) is 6.41. The van der Waals surface area contributed by atoms with Crippen LogP contribution < -0.4 is 21.6 Å². The van der Waals surface area contributed by atoms with Crippen molar-refractivity contribution >= 4 is 37.5 Å². The van der Waals surface area contributed by atoms with E-state index in [1.165, 1.54) is 73.1 Å². The van der Waals surface area contributed by atoms with E-state index in [1.54, 1.807) is 0 Å². The summed E-state index contributed by atoms with van der Waals surface area (Å²) in [5, 5.41) is 3.06. The minimum absolute atomic E-state index is 0. The molecule has 39 heavy (non-hydrogen) atoms. The van der Waals surface area contributed by atoms with Crippen molar-refractivity contribution < 1.29 is 25.9 Å². The van der Waals surface area contributed by atoms with E-state index in [0.29, 0.717) is 17.2 Å². The van der Waals surface area contributed by atoms with Gasteiger partial charge in [0.15, 0.2) is 0 Å². The molecule has 2 unspecified atom stereocenters. The SMILES string of the molecule is C1CCCC1.Cc1ccccc1P(c1ccccc1C)[C@@H](C)C1CCCC1P(c1ccco1)c1ccco1.[Fe]. The first kappa shape index (κ1) is 30.3. The maximum atomic E-state index is 6.00. The normalized spacial score (nSPS) is 19.5. The maximum absolute atomic E-state index is 6.00. The van der Waals surface area contributed by atoms with E-state index in [9.17, 15) is 0 Å². The molecule has 5 heteroatoms. The molecule has 0 bridgehead atoms. The summed E-state index contributed by atoms with van der Waals surface area (Å²) >= 11 is 0. The van der Waals surface area contributed by atoms with Gasteiger partial charge in [0, 0.05) is 25.0 Å². The summed E-state index contributed by atoms with van der Waals surface area (Å²) in [7, 11) is -1.13. The van der Waals surface area contributed by atoms with E-state index in [4.69, 9.17) is 8.83 Å². The van der Waals surface area contributed by atoms with Gasteiger partial charge in [-0.05, 0) is 97.8 Å². The van der Waals surface area contributed by atoms with Gasteiger partial charge in [-0.1, -0.05) is 94.0 Å². The first-order chi connectivity index (χ1) is 18.6. The first-order valence-corrected chi connectivity index (χ1v) is 17.2. The van der Waals surface area contributed by atoms with Crippen LogP contribution in [0.4, 0.5) is 0 Å². The molecule has 4 aromatic rings. The Kier molecular flexibility index (Phi) is 11.6. The Morgan fingerprint density at radius 2 is 1.13 bits per heavy atom. The topological polar surface area (TPSA) is 26.3 Å². The Bertz CT molecular complexity index is 1160. The second kappa shape index (κ2) is 14.8. The molecular weight excluding hydrogens is 558 g/mol. The van der Waals surface area contributed by atoms with Gasteiger partial charge in [-0.25, -0.2) is 0 Å². The molecule has 208 valence electrons. The quantitative estimate of drug-likeness (QED) is 0.157. The summed E-state index contributed by atoms with van der Waals surface area (Å²) in [4.78, 5) is 0. The molecule has 0 radical (unpaired) electrons. The number of benzene rings is 2. The molecule has 2 aromatic carbocycles. The zero-order chi connectivity index (χ0) is 26.3. The Morgan fingerprint density at radius 3 is 1.56 bits per heavy atom. The van der Waals surface area contributed by atoms with Gasteiger partial charge in [0.25, 0.3) is 0 Å². The van der Waals surface area contributed by atoms with Crippen molar-refractivity contribution in [2.75, 3.05) is 0 Å². The third kappa shape index (κ3) is 7.18. The third-order valence-electron chi connectivity index (χ3n) is 8.38. The minimum atomic E-state index is -0.651. The van der Waals surface area contributed by atoms with Crippen LogP contribution in [0.3, 0.4) is 0 Å². The zero-order valence-corrected chi connectivity index (χ0v) is 26.4. The molecule has 3 atom stereocenters. The molecule has 2 nitrogen and oxygen atoms in total. The van der Waals surface area contributed by atoms with Crippen LogP contribution in [0.25, 0.3) is 0 Å². The van der Waals surface area contributed by atoms with Crippen LogP contribution in [0.1, 0.15) is 69.4 Å². The third-order valence-corrected chi connectivity index (χ3v) is 14.4. The van der Waals surface area contributed by atoms with E-state index in [-0.39, 0.29) is 17.1 Å². The van der Waals surface area contributed by atoms with Gasteiger partial charge >= 0.3 is 0 Å². The maximum Gasteiger partial charge on any atom is 0.133 e. The fourth-order valence-corrected chi connectivity index (χ4v) is 12.8. The molecule has 0 aliphatic heterocycles. The molecule has 2 heterocycles. The van der Waals surface area contributed by atoms with E-state index >= 15 is 0 Å². The Morgan fingerprint density at radius 1 is 0.641 bits per heavy atom. The monoisotopic (exact) mass is 600 g/mol. The van der Waals surface area contributed by atoms with Gasteiger partial charge < -0.3 is 8.83 Å². The van der Waals surface area contributed by atoms with E-state index in [0.717, 1.165) is 11.0 Å². The van der Waals surface area contributed by atoms with E-state index in [1.807, 2.05) is 24.7 Å². The molecule has 2 aliphatic carbocycles. The van der Waals surface area contributed by atoms with Gasteiger partial charge in [-0.2, -0.15) is 0 Å². The number of hydrogen-bond donors (Lipinski definition) is 0. The summed E-state index contributed by atoms with van der Waals surface area (Å²) in [6.45, 7) is 7.08. The van der Waals surface area contributed by atoms with Crippen molar-refractivity contribution in [2.45, 2.75) is 83.5 Å².